The van der Waals surface area contributed by atoms with Crippen LogP contribution in [0.1, 0.15) is 19.8 Å². The van der Waals surface area contributed by atoms with E-state index in [4.69, 9.17) is 4.74 Å². The Labute approximate surface area is 77.4 Å². The molecule has 0 bridgehead atoms. The van der Waals surface area contributed by atoms with Crippen LogP contribution < -0.4 is 0 Å². The predicted molar refractivity (Wildman–Crippen MR) is 46.2 cm³/mol. The topological polar surface area (TPSA) is 47.9 Å². The second-order valence-corrected chi connectivity index (χ2v) is 2.67. The molecule has 0 amide bonds. The molecule has 0 aliphatic rings. The highest BCUT2D eigenvalue weighted by Crippen LogP contribution is 2.07. The average molecular weight is 191 g/mol. The first kappa shape index (κ1) is 11.4. The standard InChI is InChI=1S/C7H13NO3S/c1-6(4-3-5-10-2)7(9)11-8-12/h6H,3-5H2,1-2H3. The SMILES string of the molecule is COCCCC(C)C(=O)ON=S. The van der Waals surface area contributed by atoms with Crippen molar-refractivity contribution < 1.29 is 14.4 Å². The number of hydrogen-bond donors (Lipinski definition) is 0. The van der Waals surface area contributed by atoms with Crippen LogP contribution in [0.15, 0.2) is 4.53 Å². The molecule has 5 heteroatoms. The highest BCUT2D eigenvalue weighted by molar-refractivity contribution is 7.47. The van der Waals surface area contributed by atoms with E-state index >= 15 is 0 Å². The molecule has 0 aliphatic carbocycles. The molecule has 0 aromatic rings. The third kappa shape index (κ3) is 5.15. The molecule has 0 fully saturated rings. The number of carbonyl (C=O) groups excluding carboxylic acids is 1. The van der Waals surface area contributed by atoms with Crippen LogP contribution in [-0.4, -0.2) is 19.7 Å². The summed E-state index contributed by atoms with van der Waals surface area (Å²) in [5.74, 6) is -0.534. The molecule has 0 N–H and O–H groups in total. The van der Waals surface area contributed by atoms with Gasteiger partial charge in [0.1, 0.15) is 0 Å². The van der Waals surface area contributed by atoms with Crippen LogP contribution in [0.5, 0.6) is 0 Å². The van der Waals surface area contributed by atoms with E-state index in [0.717, 1.165) is 12.8 Å². The summed E-state index contributed by atoms with van der Waals surface area (Å²) in [5.41, 5.74) is 0. The van der Waals surface area contributed by atoms with Gasteiger partial charge in [-0.3, -0.25) is 0 Å². The van der Waals surface area contributed by atoms with Gasteiger partial charge in [0.2, 0.25) is 0 Å². The highest BCUT2D eigenvalue weighted by atomic mass is 32.1. The molecule has 0 radical (unpaired) electrons. The van der Waals surface area contributed by atoms with Gasteiger partial charge in [-0.05, 0) is 17.4 Å². The number of methoxy groups -OCH3 is 1. The number of nitrogens with zero attached hydrogens (tertiary/aromatic N) is 1. The van der Waals surface area contributed by atoms with Gasteiger partial charge in [-0.25, -0.2) is 4.79 Å². The molecule has 0 saturated carbocycles. The molecule has 1 atom stereocenters. The first-order valence-electron chi connectivity index (χ1n) is 3.74. The van der Waals surface area contributed by atoms with E-state index in [0.29, 0.717) is 6.61 Å². The molecule has 0 rings (SSSR count). The molecular weight excluding hydrogens is 178 g/mol. The van der Waals surface area contributed by atoms with Crippen molar-refractivity contribution in [2.75, 3.05) is 13.7 Å². The number of ether oxygens (including phenoxy) is 1. The third-order valence-electron chi connectivity index (χ3n) is 1.52. The average Bonchev–Trinajstić information content (AvgIpc) is 2.05. The fourth-order valence-electron chi connectivity index (χ4n) is 0.778. The van der Waals surface area contributed by atoms with Crippen LogP contribution in [0.25, 0.3) is 0 Å². The maximum absolute atomic E-state index is 10.9. The van der Waals surface area contributed by atoms with Gasteiger partial charge in [-0.1, -0.05) is 6.92 Å². The lowest BCUT2D eigenvalue weighted by molar-refractivity contribution is -0.147. The van der Waals surface area contributed by atoms with Crippen LogP contribution in [0, 0.1) is 5.92 Å². The lowest BCUT2D eigenvalue weighted by Crippen LogP contribution is -2.12. The van der Waals surface area contributed by atoms with Crippen molar-refractivity contribution in [1.82, 2.24) is 0 Å². The van der Waals surface area contributed by atoms with E-state index in [-0.39, 0.29) is 11.9 Å². The summed E-state index contributed by atoms with van der Waals surface area (Å²) in [6, 6.07) is 0. The quantitative estimate of drug-likeness (QED) is 0.468. The summed E-state index contributed by atoms with van der Waals surface area (Å²) in [5, 5.41) is 0. The Morgan fingerprint density at radius 3 is 2.83 bits per heavy atom. The minimum atomic E-state index is -0.374. The molecule has 0 aromatic carbocycles. The van der Waals surface area contributed by atoms with E-state index in [1.165, 1.54) is 0 Å². The second kappa shape index (κ2) is 7.12. The second-order valence-electron chi connectivity index (χ2n) is 2.52. The van der Waals surface area contributed by atoms with E-state index in [1.807, 2.05) is 0 Å². The lowest BCUT2D eigenvalue weighted by atomic mass is 10.1. The molecule has 1 unspecified atom stereocenters. The molecule has 70 valence electrons. The normalized spacial score (nSPS) is 12.2. The number of hydrogen-bond acceptors (Lipinski definition) is 5. The number of rotatable bonds is 6. The molecule has 0 saturated heterocycles. The molecule has 0 heterocycles. The molecule has 12 heavy (non-hydrogen) atoms. The zero-order chi connectivity index (χ0) is 9.40. The molecule has 0 spiro atoms. The van der Waals surface area contributed by atoms with Crippen molar-refractivity contribution in [3.63, 3.8) is 0 Å². The predicted octanol–water partition coefficient (Wildman–Crippen LogP) is 1.24. The summed E-state index contributed by atoms with van der Waals surface area (Å²) in [6.45, 7) is 2.43. The van der Waals surface area contributed by atoms with Crippen molar-refractivity contribution >= 4 is 18.4 Å². The summed E-state index contributed by atoms with van der Waals surface area (Å²) in [6.07, 6.45) is 1.57. The first-order chi connectivity index (χ1) is 5.72. The molecular formula is C7H13NO3S. The maximum Gasteiger partial charge on any atom is 0.338 e. The molecule has 4 nitrogen and oxygen atoms in total. The van der Waals surface area contributed by atoms with Gasteiger partial charge in [-0.15, -0.1) is 0 Å². The minimum Gasteiger partial charge on any atom is -0.385 e. The van der Waals surface area contributed by atoms with Gasteiger partial charge in [0.25, 0.3) is 0 Å². The largest absolute Gasteiger partial charge is 0.385 e. The van der Waals surface area contributed by atoms with Gasteiger partial charge in [0.15, 0.2) is 0 Å². The third-order valence-corrected chi connectivity index (χ3v) is 1.59. The van der Waals surface area contributed by atoms with E-state index < -0.39 is 0 Å². The smallest absolute Gasteiger partial charge is 0.338 e. The first-order valence-corrected chi connectivity index (χ1v) is 4.11. The number of carbonyl (C=O) groups is 1. The Bertz CT molecular complexity index is 152. The summed E-state index contributed by atoms with van der Waals surface area (Å²) < 4.78 is 7.72. The van der Waals surface area contributed by atoms with Gasteiger partial charge < -0.3 is 9.57 Å². The van der Waals surface area contributed by atoms with Crippen molar-refractivity contribution in [3.8, 4) is 0 Å². The summed E-state index contributed by atoms with van der Waals surface area (Å²) in [7, 11) is 1.63. The van der Waals surface area contributed by atoms with Crippen molar-refractivity contribution in [3.05, 3.63) is 0 Å². The van der Waals surface area contributed by atoms with Gasteiger partial charge in [-0.2, -0.15) is 0 Å². The van der Waals surface area contributed by atoms with Crippen LogP contribution in [0.4, 0.5) is 0 Å². The Kier molecular flexibility index (Phi) is 6.79. The van der Waals surface area contributed by atoms with E-state index in [9.17, 15) is 4.79 Å². The minimum absolute atomic E-state index is 0.160. The summed E-state index contributed by atoms with van der Waals surface area (Å²) >= 11 is 4.14. The Balaban J connectivity index is 3.49. The Morgan fingerprint density at radius 2 is 2.33 bits per heavy atom. The Hall–Kier alpha value is -0.550. The van der Waals surface area contributed by atoms with Gasteiger partial charge >= 0.3 is 5.97 Å². The summed E-state index contributed by atoms with van der Waals surface area (Å²) in [4.78, 5) is 15.2. The van der Waals surface area contributed by atoms with E-state index in [1.54, 1.807) is 14.0 Å². The lowest BCUT2D eigenvalue weighted by Gasteiger charge is -2.05. The fraction of sp³-hybridized carbons (Fsp3) is 0.857. The Morgan fingerprint density at radius 1 is 1.67 bits per heavy atom. The van der Waals surface area contributed by atoms with Crippen LogP contribution in [0.2, 0.25) is 0 Å². The van der Waals surface area contributed by atoms with E-state index in [2.05, 4.69) is 21.8 Å². The van der Waals surface area contributed by atoms with Gasteiger partial charge in [0, 0.05) is 13.7 Å². The maximum atomic E-state index is 10.9. The van der Waals surface area contributed by atoms with Crippen molar-refractivity contribution in [2.45, 2.75) is 19.8 Å². The molecule has 0 aliphatic heterocycles. The van der Waals surface area contributed by atoms with Crippen molar-refractivity contribution in [1.29, 1.82) is 0 Å². The monoisotopic (exact) mass is 191 g/mol. The van der Waals surface area contributed by atoms with Gasteiger partial charge in [0.05, 0.1) is 18.3 Å². The zero-order valence-electron chi connectivity index (χ0n) is 7.28. The van der Waals surface area contributed by atoms with Crippen molar-refractivity contribution in [2.24, 2.45) is 10.4 Å². The zero-order valence-corrected chi connectivity index (χ0v) is 8.10. The van der Waals surface area contributed by atoms with Crippen LogP contribution >= 0.6 is 0 Å². The van der Waals surface area contributed by atoms with Crippen LogP contribution in [-0.2, 0) is 26.8 Å². The van der Waals surface area contributed by atoms with Crippen LogP contribution in [0.3, 0.4) is 0 Å². The fourth-order valence-corrected chi connectivity index (χ4v) is 0.852. The highest BCUT2D eigenvalue weighted by Gasteiger charge is 2.13. The molecule has 0 aromatic heterocycles.